The van der Waals surface area contributed by atoms with E-state index < -0.39 is 5.91 Å². The molecule has 30 heavy (non-hydrogen) atoms. The van der Waals surface area contributed by atoms with E-state index in [1.54, 1.807) is 47.3 Å². The SMILES string of the molecule is O=C(Nc1nn(Cc2ccc(Cl)cc2)cc1Cl)c1cc(-c2ccc(Cl)c(Cl)c2)n[nH]1. The molecule has 2 aromatic heterocycles. The van der Waals surface area contributed by atoms with Gasteiger partial charge in [-0.25, -0.2) is 0 Å². The van der Waals surface area contributed by atoms with Crippen LogP contribution in [0.5, 0.6) is 0 Å². The molecule has 0 saturated carbocycles. The number of rotatable bonds is 5. The number of carbonyl (C=O) groups excluding carboxylic acids is 1. The first-order valence-corrected chi connectivity index (χ1v) is 10.2. The molecule has 0 atom stereocenters. The summed E-state index contributed by atoms with van der Waals surface area (Å²) >= 11 is 24.1. The summed E-state index contributed by atoms with van der Waals surface area (Å²) in [6.45, 7) is 0.484. The Balaban J connectivity index is 1.47. The molecule has 0 spiro atoms. The first-order chi connectivity index (χ1) is 14.4. The summed E-state index contributed by atoms with van der Waals surface area (Å²) in [4.78, 5) is 12.6. The minimum atomic E-state index is -0.424. The van der Waals surface area contributed by atoms with Gasteiger partial charge in [0.25, 0.3) is 5.91 Å². The van der Waals surface area contributed by atoms with Crippen LogP contribution in [0.2, 0.25) is 20.1 Å². The molecule has 152 valence electrons. The molecule has 2 heterocycles. The molecule has 1 amide bonds. The maximum atomic E-state index is 12.6. The van der Waals surface area contributed by atoms with Crippen molar-refractivity contribution in [1.82, 2.24) is 20.0 Å². The van der Waals surface area contributed by atoms with Gasteiger partial charge in [0.05, 0.1) is 22.3 Å². The average Bonchev–Trinajstić information content (AvgIpc) is 3.33. The van der Waals surface area contributed by atoms with Crippen LogP contribution in [0.25, 0.3) is 11.3 Å². The minimum Gasteiger partial charge on any atom is -0.302 e. The number of nitrogens with one attached hydrogen (secondary N) is 2. The number of aromatic amines is 1. The quantitative estimate of drug-likeness (QED) is 0.357. The fraction of sp³-hybridized carbons (Fsp3) is 0.0500. The van der Waals surface area contributed by atoms with Gasteiger partial charge in [-0.2, -0.15) is 10.2 Å². The molecule has 0 aliphatic rings. The van der Waals surface area contributed by atoms with Gasteiger partial charge in [0.15, 0.2) is 5.82 Å². The lowest BCUT2D eigenvalue weighted by atomic mass is 10.1. The number of hydrogen-bond donors (Lipinski definition) is 2. The topological polar surface area (TPSA) is 75.6 Å². The molecular formula is C20H13Cl4N5O. The van der Waals surface area contributed by atoms with E-state index in [1.165, 1.54) is 0 Å². The summed E-state index contributed by atoms with van der Waals surface area (Å²) in [5.41, 5.74) is 2.53. The van der Waals surface area contributed by atoms with Gasteiger partial charge in [-0.1, -0.05) is 64.6 Å². The lowest BCUT2D eigenvalue weighted by Crippen LogP contribution is -2.13. The van der Waals surface area contributed by atoms with E-state index in [2.05, 4.69) is 20.6 Å². The Morgan fingerprint density at radius 1 is 0.967 bits per heavy atom. The van der Waals surface area contributed by atoms with E-state index in [4.69, 9.17) is 46.4 Å². The smallest absolute Gasteiger partial charge is 0.274 e. The second-order valence-corrected chi connectivity index (χ2v) is 8.06. The normalized spacial score (nSPS) is 10.9. The van der Waals surface area contributed by atoms with Gasteiger partial charge >= 0.3 is 0 Å². The van der Waals surface area contributed by atoms with Crippen LogP contribution in [0.3, 0.4) is 0 Å². The summed E-state index contributed by atoms with van der Waals surface area (Å²) in [6.07, 6.45) is 1.64. The molecule has 2 N–H and O–H groups in total. The van der Waals surface area contributed by atoms with Gasteiger partial charge < -0.3 is 5.32 Å². The van der Waals surface area contributed by atoms with Crippen molar-refractivity contribution in [1.29, 1.82) is 0 Å². The fourth-order valence-electron chi connectivity index (χ4n) is 2.76. The molecule has 0 bridgehead atoms. The zero-order valence-electron chi connectivity index (χ0n) is 15.2. The first-order valence-electron chi connectivity index (χ1n) is 8.68. The van der Waals surface area contributed by atoms with Crippen LogP contribution in [0, 0.1) is 0 Å². The van der Waals surface area contributed by atoms with Gasteiger partial charge in [-0.05, 0) is 35.9 Å². The number of hydrogen-bond acceptors (Lipinski definition) is 3. The summed E-state index contributed by atoms with van der Waals surface area (Å²) in [5, 5.41) is 15.7. The molecule has 4 aromatic rings. The maximum Gasteiger partial charge on any atom is 0.274 e. The number of nitrogens with zero attached hydrogens (tertiary/aromatic N) is 3. The van der Waals surface area contributed by atoms with Gasteiger partial charge in [-0.3, -0.25) is 14.6 Å². The zero-order chi connectivity index (χ0) is 21.3. The van der Waals surface area contributed by atoms with Crippen LogP contribution >= 0.6 is 46.4 Å². The summed E-state index contributed by atoms with van der Waals surface area (Å²) < 4.78 is 1.63. The Hall–Kier alpha value is -2.51. The van der Waals surface area contributed by atoms with Gasteiger partial charge in [-0.15, -0.1) is 0 Å². The third-order valence-corrected chi connectivity index (χ3v) is 5.51. The number of aromatic nitrogens is 4. The van der Waals surface area contributed by atoms with E-state index in [1.807, 2.05) is 12.1 Å². The summed E-state index contributed by atoms with van der Waals surface area (Å²) in [6, 6.07) is 14.1. The number of amides is 1. The van der Waals surface area contributed by atoms with E-state index in [0.717, 1.165) is 11.1 Å². The Labute approximate surface area is 191 Å². The van der Waals surface area contributed by atoms with Crippen LogP contribution in [0.15, 0.2) is 54.7 Å². The van der Waals surface area contributed by atoms with Crippen LogP contribution in [0.1, 0.15) is 16.1 Å². The van der Waals surface area contributed by atoms with Crippen molar-refractivity contribution in [3.8, 4) is 11.3 Å². The summed E-state index contributed by atoms with van der Waals surface area (Å²) in [7, 11) is 0. The predicted molar refractivity (Wildman–Crippen MR) is 120 cm³/mol. The molecule has 6 nitrogen and oxygen atoms in total. The molecule has 0 radical (unpaired) electrons. The standard InChI is InChI=1S/C20H13Cl4N5O/c21-13-4-1-11(2-5-13)9-29-10-16(24)19(28-29)25-20(30)18-8-17(26-27-18)12-3-6-14(22)15(23)7-12/h1-8,10H,9H2,(H,26,27)(H,25,28,30). The van der Waals surface area contributed by atoms with Crippen LogP contribution in [-0.2, 0) is 6.54 Å². The van der Waals surface area contributed by atoms with Crippen molar-refractivity contribution >= 4 is 58.1 Å². The molecule has 2 aromatic carbocycles. The molecule has 0 unspecified atom stereocenters. The minimum absolute atomic E-state index is 0.249. The van der Waals surface area contributed by atoms with E-state index in [0.29, 0.717) is 32.3 Å². The van der Waals surface area contributed by atoms with Gasteiger partial charge in [0.1, 0.15) is 10.7 Å². The van der Waals surface area contributed by atoms with Crippen LogP contribution in [0.4, 0.5) is 5.82 Å². The molecule has 10 heteroatoms. The lowest BCUT2D eigenvalue weighted by Gasteiger charge is -2.02. The molecule has 0 saturated heterocycles. The Morgan fingerprint density at radius 2 is 1.73 bits per heavy atom. The highest BCUT2D eigenvalue weighted by Crippen LogP contribution is 2.28. The second kappa shape index (κ2) is 8.70. The second-order valence-electron chi connectivity index (χ2n) is 6.40. The molecular weight excluding hydrogens is 468 g/mol. The van der Waals surface area contributed by atoms with Crippen molar-refractivity contribution in [2.24, 2.45) is 0 Å². The number of anilines is 1. The maximum absolute atomic E-state index is 12.6. The first kappa shape index (κ1) is 20.8. The monoisotopic (exact) mass is 479 g/mol. The highest BCUT2D eigenvalue weighted by atomic mass is 35.5. The molecule has 0 aliphatic carbocycles. The van der Waals surface area contributed by atoms with E-state index in [9.17, 15) is 4.79 Å². The largest absolute Gasteiger partial charge is 0.302 e. The van der Waals surface area contributed by atoms with E-state index >= 15 is 0 Å². The number of carbonyl (C=O) groups is 1. The highest BCUT2D eigenvalue weighted by Gasteiger charge is 2.16. The zero-order valence-corrected chi connectivity index (χ0v) is 18.2. The molecule has 0 aliphatic heterocycles. The van der Waals surface area contributed by atoms with Crippen molar-refractivity contribution in [3.05, 3.63) is 86.1 Å². The molecule has 4 rings (SSSR count). The fourth-order valence-corrected chi connectivity index (χ4v) is 3.38. The summed E-state index contributed by atoms with van der Waals surface area (Å²) in [5.74, 6) is -0.172. The van der Waals surface area contributed by atoms with Gasteiger partial charge in [0.2, 0.25) is 0 Å². The molecule has 0 fully saturated rings. The predicted octanol–water partition coefficient (Wildman–Crippen LogP) is 6.19. The Morgan fingerprint density at radius 3 is 2.47 bits per heavy atom. The highest BCUT2D eigenvalue weighted by molar-refractivity contribution is 6.42. The van der Waals surface area contributed by atoms with E-state index in [-0.39, 0.29) is 11.5 Å². The average molecular weight is 481 g/mol. The van der Waals surface area contributed by atoms with Crippen LogP contribution < -0.4 is 5.32 Å². The van der Waals surface area contributed by atoms with Crippen molar-refractivity contribution < 1.29 is 4.79 Å². The number of halogens is 4. The van der Waals surface area contributed by atoms with Crippen molar-refractivity contribution in [2.75, 3.05) is 5.32 Å². The third kappa shape index (κ3) is 4.63. The van der Waals surface area contributed by atoms with Gasteiger partial charge in [0, 0.05) is 16.8 Å². The Bertz CT molecular complexity index is 1220. The number of benzene rings is 2. The lowest BCUT2D eigenvalue weighted by molar-refractivity contribution is 0.102. The van der Waals surface area contributed by atoms with Crippen molar-refractivity contribution in [2.45, 2.75) is 6.54 Å². The van der Waals surface area contributed by atoms with Crippen molar-refractivity contribution in [3.63, 3.8) is 0 Å². The number of H-pyrrole nitrogens is 1. The third-order valence-electron chi connectivity index (χ3n) is 4.24. The van der Waals surface area contributed by atoms with Crippen LogP contribution in [-0.4, -0.2) is 25.9 Å². The Kier molecular flexibility index (Phi) is 6.01.